The minimum atomic E-state index is -0.388. The lowest BCUT2D eigenvalue weighted by Gasteiger charge is -2.40. The van der Waals surface area contributed by atoms with Crippen LogP contribution < -0.4 is 0 Å². The highest BCUT2D eigenvalue weighted by Crippen LogP contribution is 2.21. The normalized spacial score (nSPS) is 21.5. The Morgan fingerprint density at radius 3 is 2.50 bits per heavy atom. The van der Waals surface area contributed by atoms with Gasteiger partial charge in [0.2, 0.25) is 5.91 Å². The van der Waals surface area contributed by atoms with Gasteiger partial charge in [-0.2, -0.15) is 0 Å². The summed E-state index contributed by atoms with van der Waals surface area (Å²) in [6.45, 7) is 6.84. The molecule has 1 unspecified atom stereocenters. The van der Waals surface area contributed by atoms with E-state index in [-0.39, 0.29) is 18.0 Å². The van der Waals surface area contributed by atoms with E-state index in [1.165, 1.54) is 18.2 Å². The lowest BCUT2D eigenvalue weighted by atomic mass is 10.0. The van der Waals surface area contributed by atoms with Gasteiger partial charge in [0.05, 0.1) is 7.11 Å². The highest BCUT2D eigenvalue weighted by atomic mass is 16.5. The van der Waals surface area contributed by atoms with E-state index in [0.29, 0.717) is 6.54 Å². The second-order valence-corrected chi connectivity index (χ2v) is 7.20. The predicted octanol–water partition coefficient (Wildman–Crippen LogP) is 2.26. The number of piperidine rings is 1. The van der Waals surface area contributed by atoms with Gasteiger partial charge in [-0.1, -0.05) is 24.3 Å². The molecule has 0 radical (unpaired) electrons. The summed E-state index contributed by atoms with van der Waals surface area (Å²) in [7, 11) is 1.38. The number of amides is 2. The molecule has 0 aromatic heterocycles. The number of carbonyl (C=O) groups excluding carboxylic acids is 2. The standard InChI is InChI=1S/C20H29N3O3/c1-16-7-3-4-8-17(16)15-21-11-13-22(14-12-21)19(24)18-9-5-6-10-23(18)20(25)26-2/h3-4,7-8,18H,5-6,9-15H2,1-2H3. The van der Waals surface area contributed by atoms with Gasteiger partial charge in [0.15, 0.2) is 0 Å². The summed E-state index contributed by atoms with van der Waals surface area (Å²) in [6.07, 6.45) is 2.26. The van der Waals surface area contributed by atoms with E-state index in [1.54, 1.807) is 4.90 Å². The van der Waals surface area contributed by atoms with Gasteiger partial charge < -0.3 is 9.64 Å². The minimum Gasteiger partial charge on any atom is -0.453 e. The van der Waals surface area contributed by atoms with Gasteiger partial charge in [0.25, 0.3) is 0 Å². The quantitative estimate of drug-likeness (QED) is 0.831. The number of aryl methyl sites for hydroxylation is 1. The first-order valence-corrected chi connectivity index (χ1v) is 9.50. The Kier molecular flexibility index (Phi) is 6.14. The zero-order valence-electron chi connectivity index (χ0n) is 15.8. The van der Waals surface area contributed by atoms with Crippen molar-refractivity contribution in [1.29, 1.82) is 0 Å². The fourth-order valence-corrected chi connectivity index (χ4v) is 3.89. The van der Waals surface area contributed by atoms with Crippen molar-refractivity contribution in [2.75, 3.05) is 39.8 Å². The zero-order chi connectivity index (χ0) is 18.5. The van der Waals surface area contributed by atoms with Gasteiger partial charge in [0, 0.05) is 39.3 Å². The van der Waals surface area contributed by atoms with Crippen LogP contribution in [0, 0.1) is 6.92 Å². The topological polar surface area (TPSA) is 53.1 Å². The van der Waals surface area contributed by atoms with Crippen molar-refractivity contribution in [1.82, 2.24) is 14.7 Å². The molecule has 6 nitrogen and oxygen atoms in total. The molecule has 1 aromatic rings. The van der Waals surface area contributed by atoms with Crippen LogP contribution in [0.2, 0.25) is 0 Å². The number of carbonyl (C=O) groups is 2. The Labute approximate surface area is 155 Å². The number of ether oxygens (including phenoxy) is 1. The molecule has 0 spiro atoms. The van der Waals surface area contributed by atoms with E-state index in [2.05, 4.69) is 36.1 Å². The number of methoxy groups -OCH3 is 1. The third kappa shape index (κ3) is 4.18. The SMILES string of the molecule is COC(=O)N1CCCCC1C(=O)N1CCN(Cc2ccccc2C)CC1. The first-order chi connectivity index (χ1) is 12.6. The van der Waals surface area contributed by atoms with E-state index in [0.717, 1.165) is 52.0 Å². The van der Waals surface area contributed by atoms with Gasteiger partial charge in [-0.05, 0) is 37.3 Å². The molecule has 2 heterocycles. The zero-order valence-corrected chi connectivity index (χ0v) is 15.8. The number of hydrogen-bond acceptors (Lipinski definition) is 4. The van der Waals surface area contributed by atoms with Gasteiger partial charge in [0.1, 0.15) is 6.04 Å². The molecule has 2 aliphatic heterocycles. The van der Waals surface area contributed by atoms with E-state index in [1.807, 2.05) is 4.90 Å². The maximum atomic E-state index is 13.0. The number of hydrogen-bond donors (Lipinski definition) is 0. The Bertz CT molecular complexity index is 641. The molecule has 0 N–H and O–H groups in total. The van der Waals surface area contributed by atoms with Gasteiger partial charge in [-0.3, -0.25) is 14.6 Å². The molecular formula is C20H29N3O3. The Balaban J connectivity index is 1.56. The molecule has 142 valence electrons. The second kappa shape index (κ2) is 8.54. The molecule has 0 saturated carbocycles. The molecule has 2 amide bonds. The smallest absolute Gasteiger partial charge is 0.410 e. The van der Waals surface area contributed by atoms with Crippen LogP contribution in [0.3, 0.4) is 0 Å². The minimum absolute atomic E-state index is 0.0747. The number of nitrogens with zero attached hydrogens (tertiary/aromatic N) is 3. The third-order valence-electron chi connectivity index (χ3n) is 5.54. The maximum absolute atomic E-state index is 13.0. The number of rotatable bonds is 3. The summed E-state index contributed by atoms with van der Waals surface area (Å²) in [6, 6.07) is 8.08. The predicted molar refractivity (Wildman–Crippen MR) is 99.8 cm³/mol. The largest absolute Gasteiger partial charge is 0.453 e. The first-order valence-electron chi connectivity index (χ1n) is 9.50. The number of likely N-dealkylation sites (tertiary alicyclic amines) is 1. The van der Waals surface area contributed by atoms with E-state index < -0.39 is 0 Å². The molecule has 0 bridgehead atoms. The fourth-order valence-electron chi connectivity index (χ4n) is 3.89. The van der Waals surface area contributed by atoms with Crippen molar-refractivity contribution in [3.05, 3.63) is 35.4 Å². The fraction of sp³-hybridized carbons (Fsp3) is 0.600. The molecule has 3 rings (SSSR count). The molecule has 2 fully saturated rings. The van der Waals surface area contributed by atoms with Gasteiger partial charge in [-0.15, -0.1) is 0 Å². The van der Waals surface area contributed by atoms with Crippen LogP contribution in [0.4, 0.5) is 4.79 Å². The molecule has 0 aliphatic carbocycles. The highest BCUT2D eigenvalue weighted by Gasteiger charge is 2.36. The van der Waals surface area contributed by atoms with Crippen molar-refractivity contribution >= 4 is 12.0 Å². The summed E-state index contributed by atoms with van der Waals surface area (Å²) >= 11 is 0. The molecular weight excluding hydrogens is 330 g/mol. The summed E-state index contributed by atoms with van der Waals surface area (Å²) in [5.74, 6) is 0.0747. The monoisotopic (exact) mass is 359 g/mol. The lowest BCUT2D eigenvalue weighted by molar-refractivity contribution is -0.139. The summed E-state index contributed by atoms with van der Waals surface area (Å²) < 4.78 is 4.86. The number of benzene rings is 1. The van der Waals surface area contributed by atoms with E-state index >= 15 is 0 Å². The first kappa shape index (κ1) is 18.7. The number of piperazine rings is 1. The average Bonchev–Trinajstić information content (AvgIpc) is 2.69. The van der Waals surface area contributed by atoms with E-state index in [9.17, 15) is 9.59 Å². The van der Waals surface area contributed by atoms with Crippen LogP contribution in [0.5, 0.6) is 0 Å². The van der Waals surface area contributed by atoms with Gasteiger partial charge in [-0.25, -0.2) is 4.79 Å². The van der Waals surface area contributed by atoms with Crippen molar-refractivity contribution < 1.29 is 14.3 Å². The van der Waals surface area contributed by atoms with Crippen LogP contribution in [0.15, 0.2) is 24.3 Å². The van der Waals surface area contributed by atoms with E-state index in [4.69, 9.17) is 4.74 Å². The molecule has 2 aliphatic rings. The van der Waals surface area contributed by atoms with Crippen molar-refractivity contribution in [3.8, 4) is 0 Å². The molecule has 1 atom stereocenters. The van der Waals surface area contributed by atoms with Crippen LogP contribution in [0.1, 0.15) is 30.4 Å². The maximum Gasteiger partial charge on any atom is 0.410 e. The average molecular weight is 359 g/mol. The Morgan fingerprint density at radius 1 is 1.08 bits per heavy atom. The lowest BCUT2D eigenvalue weighted by Crippen LogP contribution is -2.57. The third-order valence-corrected chi connectivity index (χ3v) is 5.54. The molecule has 6 heteroatoms. The molecule has 26 heavy (non-hydrogen) atoms. The Morgan fingerprint density at radius 2 is 1.81 bits per heavy atom. The summed E-state index contributed by atoms with van der Waals surface area (Å²) in [5.41, 5.74) is 2.65. The highest BCUT2D eigenvalue weighted by molar-refractivity contribution is 5.86. The molecule has 2 saturated heterocycles. The van der Waals surface area contributed by atoms with Gasteiger partial charge >= 0.3 is 6.09 Å². The van der Waals surface area contributed by atoms with Crippen molar-refractivity contribution in [3.63, 3.8) is 0 Å². The van der Waals surface area contributed by atoms with Crippen LogP contribution in [-0.2, 0) is 16.1 Å². The summed E-state index contributed by atoms with van der Waals surface area (Å²) in [4.78, 5) is 30.9. The van der Waals surface area contributed by atoms with Crippen LogP contribution >= 0.6 is 0 Å². The van der Waals surface area contributed by atoms with Crippen molar-refractivity contribution in [2.24, 2.45) is 0 Å². The second-order valence-electron chi connectivity index (χ2n) is 7.20. The Hall–Kier alpha value is -2.08. The van der Waals surface area contributed by atoms with Crippen LogP contribution in [0.25, 0.3) is 0 Å². The van der Waals surface area contributed by atoms with Crippen molar-refractivity contribution in [2.45, 2.75) is 38.8 Å². The molecule has 1 aromatic carbocycles. The summed E-state index contributed by atoms with van der Waals surface area (Å²) in [5, 5.41) is 0. The van der Waals surface area contributed by atoms with Crippen LogP contribution in [-0.4, -0.2) is 72.6 Å².